The van der Waals surface area contributed by atoms with Gasteiger partial charge in [-0.3, -0.25) is 0 Å². The molecule has 10 heteroatoms. The smallest absolute Gasteiger partial charge is 0.357 e. The van der Waals surface area contributed by atoms with Gasteiger partial charge in [-0.05, 0) is 49.4 Å². The molecule has 1 aliphatic heterocycles. The van der Waals surface area contributed by atoms with Crippen molar-refractivity contribution in [3.05, 3.63) is 59.3 Å². The Morgan fingerprint density at radius 1 is 1.03 bits per heavy atom. The minimum atomic E-state index is -4.32. The molecule has 0 unspecified atom stereocenters. The van der Waals surface area contributed by atoms with Gasteiger partial charge in [-0.25, -0.2) is 9.98 Å². The third-order valence-corrected chi connectivity index (χ3v) is 5.14. The van der Waals surface area contributed by atoms with Crippen molar-refractivity contribution in [2.75, 3.05) is 44.7 Å². The van der Waals surface area contributed by atoms with Gasteiger partial charge in [-0.15, -0.1) is 24.0 Å². The number of pyridine rings is 1. The van der Waals surface area contributed by atoms with Crippen LogP contribution in [0.2, 0.25) is 0 Å². The number of benzene rings is 1. The summed E-state index contributed by atoms with van der Waals surface area (Å²) in [6, 6.07) is 9.15. The number of alkyl halides is 3. The average molecular weight is 562 g/mol. The molecule has 2 heterocycles. The molecule has 3 rings (SSSR count). The van der Waals surface area contributed by atoms with Crippen LogP contribution >= 0.6 is 24.0 Å². The number of hydrogen-bond donors (Lipinski definition) is 2. The molecule has 32 heavy (non-hydrogen) atoms. The van der Waals surface area contributed by atoms with Crippen LogP contribution in [0.15, 0.2) is 47.6 Å². The van der Waals surface area contributed by atoms with Crippen LogP contribution in [0.4, 0.5) is 19.0 Å². The molecule has 6 nitrogen and oxygen atoms in total. The molecule has 0 aliphatic carbocycles. The number of halogens is 4. The van der Waals surface area contributed by atoms with E-state index in [1.54, 1.807) is 6.20 Å². The molecule has 1 fully saturated rings. The van der Waals surface area contributed by atoms with E-state index in [0.717, 1.165) is 55.3 Å². The number of likely N-dealkylation sites (N-methyl/N-ethyl adjacent to an activating group) is 1. The summed E-state index contributed by atoms with van der Waals surface area (Å²) in [5.74, 6) is 1.57. The molecule has 1 aliphatic rings. The molecule has 176 valence electrons. The Morgan fingerprint density at radius 2 is 1.72 bits per heavy atom. The molecule has 0 amide bonds. The minimum absolute atomic E-state index is 0. The van der Waals surface area contributed by atoms with Gasteiger partial charge in [0.2, 0.25) is 0 Å². The summed E-state index contributed by atoms with van der Waals surface area (Å²) in [6.07, 6.45) is -2.52. The van der Waals surface area contributed by atoms with E-state index in [9.17, 15) is 13.2 Å². The van der Waals surface area contributed by atoms with Crippen LogP contribution in [-0.2, 0) is 19.3 Å². The summed E-state index contributed by atoms with van der Waals surface area (Å²) in [7, 11) is 2.12. The summed E-state index contributed by atoms with van der Waals surface area (Å²) >= 11 is 0. The third-order valence-electron chi connectivity index (χ3n) is 5.14. The summed E-state index contributed by atoms with van der Waals surface area (Å²) in [6.45, 7) is 7.44. The Morgan fingerprint density at radius 3 is 2.34 bits per heavy atom. The topological polar surface area (TPSA) is 55.8 Å². The molecule has 2 N–H and O–H groups in total. The second-order valence-electron chi connectivity index (χ2n) is 7.56. The maximum Gasteiger partial charge on any atom is 0.416 e. The van der Waals surface area contributed by atoms with Gasteiger partial charge in [0.15, 0.2) is 5.96 Å². The van der Waals surface area contributed by atoms with E-state index >= 15 is 0 Å². The van der Waals surface area contributed by atoms with Crippen LogP contribution in [0.25, 0.3) is 0 Å². The van der Waals surface area contributed by atoms with E-state index in [-0.39, 0.29) is 24.0 Å². The maximum absolute atomic E-state index is 12.7. The van der Waals surface area contributed by atoms with Crippen LogP contribution < -0.4 is 15.5 Å². The number of piperazine rings is 1. The molecule has 1 aromatic heterocycles. The van der Waals surface area contributed by atoms with E-state index < -0.39 is 11.7 Å². The zero-order valence-corrected chi connectivity index (χ0v) is 20.7. The standard InChI is InChI=1S/C22H29F3N6.HI/c1-3-26-21(28-15-17-4-6-19(7-5-17)22(23,24)25)29-16-18-8-9-27-20(14-18)31-12-10-30(2)11-13-31;/h4-9,14H,3,10-13,15-16H2,1-2H3,(H2,26,28,29);1H. The number of rotatable bonds is 6. The summed E-state index contributed by atoms with van der Waals surface area (Å²) in [5, 5.41) is 6.34. The molecule has 1 aromatic carbocycles. The predicted molar refractivity (Wildman–Crippen MR) is 132 cm³/mol. The van der Waals surface area contributed by atoms with Gasteiger partial charge < -0.3 is 20.4 Å². The average Bonchev–Trinajstić information content (AvgIpc) is 2.76. The molecular weight excluding hydrogens is 532 g/mol. The Balaban J connectivity index is 0.00000363. The molecule has 0 saturated carbocycles. The van der Waals surface area contributed by atoms with Crippen molar-refractivity contribution < 1.29 is 13.2 Å². The predicted octanol–water partition coefficient (Wildman–Crippen LogP) is 3.73. The van der Waals surface area contributed by atoms with E-state index in [1.165, 1.54) is 12.1 Å². The van der Waals surface area contributed by atoms with Gasteiger partial charge >= 0.3 is 6.18 Å². The first kappa shape index (κ1) is 26.2. The van der Waals surface area contributed by atoms with E-state index in [2.05, 4.69) is 43.5 Å². The summed E-state index contributed by atoms with van der Waals surface area (Å²) in [5.41, 5.74) is 1.15. The number of nitrogens with zero attached hydrogens (tertiary/aromatic N) is 4. The first-order valence-corrected chi connectivity index (χ1v) is 10.4. The quantitative estimate of drug-likeness (QED) is 0.320. The lowest BCUT2D eigenvalue weighted by molar-refractivity contribution is -0.137. The zero-order chi connectivity index (χ0) is 22.3. The second kappa shape index (κ2) is 12.2. The Hall–Kier alpha value is -2.08. The van der Waals surface area contributed by atoms with Gasteiger partial charge in [-0.2, -0.15) is 13.2 Å². The number of aliphatic imine (C=N–C) groups is 1. The summed E-state index contributed by atoms with van der Waals surface area (Å²) < 4.78 is 38.1. The van der Waals surface area contributed by atoms with E-state index in [0.29, 0.717) is 25.6 Å². The number of nitrogens with one attached hydrogen (secondary N) is 2. The lowest BCUT2D eigenvalue weighted by Crippen LogP contribution is -2.44. The van der Waals surface area contributed by atoms with Crippen molar-refractivity contribution in [1.82, 2.24) is 20.5 Å². The molecule has 1 saturated heterocycles. The lowest BCUT2D eigenvalue weighted by Gasteiger charge is -2.33. The molecule has 2 aromatic rings. The van der Waals surface area contributed by atoms with Crippen LogP contribution in [0.5, 0.6) is 0 Å². The fourth-order valence-electron chi connectivity index (χ4n) is 3.28. The lowest BCUT2D eigenvalue weighted by atomic mass is 10.1. The van der Waals surface area contributed by atoms with Crippen LogP contribution in [-0.4, -0.2) is 55.6 Å². The Kier molecular flexibility index (Phi) is 10.0. The highest BCUT2D eigenvalue weighted by Crippen LogP contribution is 2.29. The van der Waals surface area contributed by atoms with Crippen molar-refractivity contribution in [2.45, 2.75) is 26.2 Å². The van der Waals surface area contributed by atoms with E-state index in [4.69, 9.17) is 0 Å². The first-order chi connectivity index (χ1) is 14.8. The van der Waals surface area contributed by atoms with E-state index in [1.807, 2.05) is 13.0 Å². The van der Waals surface area contributed by atoms with Crippen molar-refractivity contribution in [2.24, 2.45) is 4.99 Å². The van der Waals surface area contributed by atoms with Gasteiger partial charge in [0, 0.05) is 45.5 Å². The summed E-state index contributed by atoms with van der Waals surface area (Å²) in [4.78, 5) is 13.7. The fourth-order valence-corrected chi connectivity index (χ4v) is 3.28. The van der Waals surface area contributed by atoms with Crippen molar-refractivity contribution >= 4 is 35.8 Å². The van der Waals surface area contributed by atoms with Gasteiger partial charge in [0.1, 0.15) is 5.82 Å². The highest BCUT2D eigenvalue weighted by atomic mass is 127. The van der Waals surface area contributed by atoms with Crippen molar-refractivity contribution in [3.8, 4) is 0 Å². The highest BCUT2D eigenvalue weighted by Gasteiger charge is 2.29. The second-order valence-corrected chi connectivity index (χ2v) is 7.56. The van der Waals surface area contributed by atoms with Gasteiger partial charge in [0.25, 0.3) is 0 Å². The van der Waals surface area contributed by atoms with Crippen molar-refractivity contribution in [1.29, 1.82) is 0 Å². The molecular formula is C22H30F3IN6. The Bertz CT molecular complexity index is 865. The Labute approximate surface area is 204 Å². The molecule has 0 atom stereocenters. The number of guanidine groups is 1. The largest absolute Gasteiger partial charge is 0.416 e. The first-order valence-electron chi connectivity index (χ1n) is 10.4. The monoisotopic (exact) mass is 562 g/mol. The molecule has 0 bridgehead atoms. The van der Waals surface area contributed by atoms with Crippen LogP contribution in [0.3, 0.4) is 0 Å². The fraction of sp³-hybridized carbons (Fsp3) is 0.455. The highest BCUT2D eigenvalue weighted by molar-refractivity contribution is 14.0. The number of hydrogen-bond acceptors (Lipinski definition) is 4. The van der Waals surface area contributed by atoms with Crippen LogP contribution in [0.1, 0.15) is 23.6 Å². The molecule has 0 spiro atoms. The SMILES string of the molecule is CCNC(=NCc1ccnc(N2CCN(C)CC2)c1)NCc1ccc(C(F)(F)F)cc1.I. The maximum atomic E-state index is 12.7. The van der Waals surface area contributed by atoms with Gasteiger partial charge in [-0.1, -0.05) is 12.1 Å². The van der Waals surface area contributed by atoms with Gasteiger partial charge in [0.05, 0.1) is 12.1 Å². The zero-order valence-electron chi connectivity index (χ0n) is 18.3. The normalized spacial score (nSPS) is 15.3. The van der Waals surface area contributed by atoms with Crippen LogP contribution in [0, 0.1) is 0 Å². The number of anilines is 1. The minimum Gasteiger partial charge on any atom is -0.357 e. The third kappa shape index (κ3) is 7.80. The molecule has 0 radical (unpaired) electrons. The van der Waals surface area contributed by atoms with Crippen molar-refractivity contribution in [3.63, 3.8) is 0 Å². The number of aromatic nitrogens is 1.